The minimum absolute atomic E-state index is 0.619. The van der Waals surface area contributed by atoms with Crippen molar-refractivity contribution in [3.8, 4) is 62.1 Å². The number of fused-ring (bicyclic) bond motifs is 6. The Labute approximate surface area is 327 Å². The Balaban J connectivity index is 1.10. The van der Waals surface area contributed by atoms with Gasteiger partial charge in [-0.3, -0.25) is 0 Å². The zero-order valence-electron chi connectivity index (χ0n) is 30.2. The molecular weight excluding hydrogens is 701 g/mol. The van der Waals surface area contributed by atoms with E-state index < -0.39 is 0 Å². The first-order chi connectivity index (χ1) is 27.8. The van der Waals surface area contributed by atoms with Gasteiger partial charge in [0.05, 0.1) is 16.7 Å². The fourth-order valence-corrected chi connectivity index (χ4v) is 9.28. The summed E-state index contributed by atoms with van der Waals surface area (Å²) in [6.07, 6.45) is 0. The van der Waals surface area contributed by atoms with E-state index in [1.165, 1.54) is 42.1 Å². The molecule has 0 unspecified atom stereocenters. The van der Waals surface area contributed by atoms with Gasteiger partial charge in [0, 0.05) is 47.6 Å². The Morgan fingerprint density at radius 2 is 0.929 bits per heavy atom. The molecule has 3 aromatic heterocycles. The maximum Gasteiger partial charge on any atom is 0.166 e. The number of hydrogen-bond donors (Lipinski definition) is 0. The lowest BCUT2D eigenvalue weighted by Crippen LogP contribution is -2.03. The molecule has 0 saturated carbocycles. The smallest absolute Gasteiger partial charge is 0.166 e. The van der Waals surface area contributed by atoms with Gasteiger partial charge >= 0.3 is 0 Å². The number of hydrogen-bond acceptors (Lipinski definition) is 4. The van der Waals surface area contributed by atoms with Gasteiger partial charge in [0.15, 0.2) is 17.5 Å². The number of benzene rings is 8. The monoisotopic (exact) mass is 732 g/mol. The van der Waals surface area contributed by atoms with E-state index in [-0.39, 0.29) is 0 Å². The van der Waals surface area contributed by atoms with Crippen molar-refractivity contribution in [1.29, 1.82) is 0 Å². The van der Waals surface area contributed by atoms with Crippen LogP contribution >= 0.6 is 11.3 Å². The Hall–Kier alpha value is -7.21. The molecular formula is C51H32N4S. The van der Waals surface area contributed by atoms with Crippen molar-refractivity contribution in [3.63, 3.8) is 0 Å². The normalized spacial score (nSPS) is 11.6. The van der Waals surface area contributed by atoms with Crippen LogP contribution in [0.1, 0.15) is 0 Å². The molecule has 0 fully saturated rings. The summed E-state index contributed by atoms with van der Waals surface area (Å²) < 4.78 is 4.99. The van der Waals surface area contributed by atoms with Gasteiger partial charge in [0.2, 0.25) is 0 Å². The van der Waals surface area contributed by atoms with Crippen LogP contribution in [0.5, 0.6) is 0 Å². The number of para-hydroxylation sites is 2. The van der Waals surface area contributed by atoms with E-state index >= 15 is 0 Å². The van der Waals surface area contributed by atoms with E-state index in [0.29, 0.717) is 17.5 Å². The Kier molecular flexibility index (Phi) is 7.64. The molecule has 8 aromatic carbocycles. The van der Waals surface area contributed by atoms with E-state index in [2.05, 4.69) is 174 Å². The van der Waals surface area contributed by atoms with Crippen LogP contribution < -0.4 is 0 Å². The van der Waals surface area contributed by atoms with E-state index in [9.17, 15) is 0 Å². The third kappa shape index (κ3) is 5.40. The first-order valence-corrected chi connectivity index (χ1v) is 19.6. The molecule has 0 radical (unpaired) electrons. The first-order valence-electron chi connectivity index (χ1n) is 18.8. The highest BCUT2D eigenvalue weighted by atomic mass is 32.1. The van der Waals surface area contributed by atoms with Gasteiger partial charge in [0.25, 0.3) is 0 Å². The molecule has 4 nitrogen and oxygen atoms in total. The molecule has 3 heterocycles. The van der Waals surface area contributed by atoms with Gasteiger partial charge in [-0.05, 0) is 64.7 Å². The molecule has 262 valence electrons. The lowest BCUT2D eigenvalue weighted by atomic mass is 10.0. The van der Waals surface area contributed by atoms with Crippen molar-refractivity contribution < 1.29 is 0 Å². The SMILES string of the molecule is c1ccc(-c2cccc(-c3nc(-c4ccccc4)nc(-c4ccccc4-n4c5ccccc5c5cc(-c6cccc7c6sc6ccccc67)ccc54)n3)c2)cc1. The fraction of sp³-hybridized carbons (Fsp3) is 0. The third-order valence-corrected chi connectivity index (χ3v) is 11.9. The van der Waals surface area contributed by atoms with Gasteiger partial charge in [-0.1, -0.05) is 152 Å². The highest BCUT2D eigenvalue weighted by molar-refractivity contribution is 7.26. The van der Waals surface area contributed by atoms with Crippen molar-refractivity contribution in [3.05, 3.63) is 194 Å². The van der Waals surface area contributed by atoms with Crippen molar-refractivity contribution in [2.45, 2.75) is 0 Å². The van der Waals surface area contributed by atoms with Crippen molar-refractivity contribution in [2.75, 3.05) is 0 Å². The molecule has 0 spiro atoms. The predicted octanol–water partition coefficient (Wildman–Crippen LogP) is 13.7. The Morgan fingerprint density at radius 3 is 1.79 bits per heavy atom. The first kappa shape index (κ1) is 32.2. The van der Waals surface area contributed by atoms with Crippen molar-refractivity contribution in [2.24, 2.45) is 0 Å². The maximum atomic E-state index is 5.23. The lowest BCUT2D eigenvalue weighted by Gasteiger charge is -2.15. The molecule has 0 atom stereocenters. The second-order valence-corrected chi connectivity index (χ2v) is 15.1. The van der Waals surface area contributed by atoms with E-state index in [4.69, 9.17) is 15.0 Å². The quantitative estimate of drug-likeness (QED) is 0.171. The molecule has 11 rings (SSSR count). The molecule has 0 aliphatic rings. The summed E-state index contributed by atoms with van der Waals surface area (Å²) in [6, 6.07) is 68.5. The van der Waals surface area contributed by atoms with Gasteiger partial charge in [0.1, 0.15) is 0 Å². The van der Waals surface area contributed by atoms with Crippen LogP contribution in [0.25, 0.3) is 104 Å². The maximum absolute atomic E-state index is 5.23. The molecule has 0 amide bonds. The van der Waals surface area contributed by atoms with Crippen molar-refractivity contribution in [1.82, 2.24) is 19.5 Å². The topological polar surface area (TPSA) is 43.6 Å². The lowest BCUT2D eigenvalue weighted by molar-refractivity contribution is 1.06. The van der Waals surface area contributed by atoms with Crippen LogP contribution in [0, 0.1) is 0 Å². The van der Waals surface area contributed by atoms with E-state index in [0.717, 1.165) is 44.5 Å². The summed E-state index contributed by atoms with van der Waals surface area (Å²) in [4.78, 5) is 15.5. The number of rotatable bonds is 6. The van der Waals surface area contributed by atoms with Crippen LogP contribution in [0.3, 0.4) is 0 Å². The average Bonchev–Trinajstić information content (AvgIpc) is 3.82. The molecule has 11 aromatic rings. The van der Waals surface area contributed by atoms with Gasteiger partial charge < -0.3 is 4.57 Å². The molecule has 56 heavy (non-hydrogen) atoms. The zero-order chi connectivity index (χ0) is 37.0. The Morgan fingerprint density at radius 1 is 0.339 bits per heavy atom. The van der Waals surface area contributed by atoms with Gasteiger partial charge in [-0.2, -0.15) is 0 Å². The van der Waals surface area contributed by atoms with Crippen LogP contribution in [0.4, 0.5) is 0 Å². The standard InChI is InChI=1S/C51H32N4S/c1-3-15-33(16-4-1)35-19-13-20-37(31-35)50-52-49(34-17-5-2-6-18-34)53-51(54-50)42-23-8-11-27-45(42)55-44-26-10-7-21-39(44)43-32-36(29-30-46(43)55)38-24-14-25-41-40-22-9-12-28-47(40)56-48(38)41/h1-32H. The molecule has 0 aliphatic heterocycles. The van der Waals surface area contributed by atoms with Crippen LogP contribution in [-0.2, 0) is 0 Å². The Bertz CT molecular complexity index is 3250. The molecule has 0 saturated heterocycles. The molecule has 0 aliphatic carbocycles. The van der Waals surface area contributed by atoms with E-state index in [1.54, 1.807) is 0 Å². The second-order valence-electron chi connectivity index (χ2n) is 14.0. The third-order valence-electron chi connectivity index (χ3n) is 10.7. The number of thiophene rings is 1. The van der Waals surface area contributed by atoms with Crippen LogP contribution in [0.15, 0.2) is 194 Å². The summed E-state index contributed by atoms with van der Waals surface area (Å²) in [7, 11) is 0. The summed E-state index contributed by atoms with van der Waals surface area (Å²) in [6.45, 7) is 0. The highest BCUT2D eigenvalue weighted by Crippen LogP contribution is 2.42. The number of aromatic nitrogens is 4. The number of nitrogens with zero attached hydrogens (tertiary/aromatic N) is 4. The zero-order valence-corrected chi connectivity index (χ0v) is 31.0. The van der Waals surface area contributed by atoms with Crippen molar-refractivity contribution >= 4 is 53.3 Å². The van der Waals surface area contributed by atoms with E-state index in [1.807, 2.05) is 35.6 Å². The largest absolute Gasteiger partial charge is 0.309 e. The van der Waals surface area contributed by atoms with Gasteiger partial charge in [-0.15, -0.1) is 11.3 Å². The average molecular weight is 733 g/mol. The predicted molar refractivity (Wildman–Crippen MR) is 234 cm³/mol. The fourth-order valence-electron chi connectivity index (χ4n) is 8.04. The minimum Gasteiger partial charge on any atom is -0.309 e. The van der Waals surface area contributed by atoms with Crippen LogP contribution in [-0.4, -0.2) is 19.5 Å². The minimum atomic E-state index is 0.619. The summed E-state index contributed by atoms with van der Waals surface area (Å²) in [5.41, 5.74) is 10.8. The second kappa shape index (κ2) is 13.3. The summed E-state index contributed by atoms with van der Waals surface area (Å²) >= 11 is 1.87. The summed E-state index contributed by atoms with van der Waals surface area (Å²) in [5.74, 6) is 1.88. The molecule has 0 bridgehead atoms. The highest BCUT2D eigenvalue weighted by Gasteiger charge is 2.20. The summed E-state index contributed by atoms with van der Waals surface area (Å²) in [5, 5.41) is 5.01. The molecule has 0 N–H and O–H groups in total. The molecule has 5 heteroatoms. The van der Waals surface area contributed by atoms with Gasteiger partial charge in [-0.25, -0.2) is 15.0 Å². The van der Waals surface area contributed by atoms with Crippen LogP contribution in [0.2, 0.25) is 0 Å².